The second-order valence-corrected chi connectivity index (χ2v) is 27.0. The van der Waals surface area contributed by atoms with E-state index in [9.17, 15) is 0 Å². The Morgan fingerprint density at radius 3 is 1.20 bits per heavy atom. The number of benzene rings is 2. The maximum Gasteiger partial charge on any atom is 0.0979 e. The molecular weight excluding hydrogens is 973 g/mol. The van der Waals surface area contributed by atoms with Crippen LogP contribution in [-0.2, 0) is 25.7 Å². The molecule has 0 atom stereocenters. The first kappa shape index (κ1) is 58.8. The highest BCUT2D eigenvalue weighted by Crippen LogP contribution is 2.50. The Morgan fingerprint density at radius 2 is 0.730 bits per heavy atom. The Bertz CT molecular complexity index is 2690. The van der Waals surface area contributed by atoms with Crippen LogP contribution in [0.1, 0.15) is 265 Å². The number of hydrogen-bond donors (Lipinski definition) is 0. The maximum atomic E-state index is 5.16. The fraction of sp³-hybridized carbons (Fsp3) is 0.618. The van der Waals surface area contributed by atoms with E-state index in [-0.39, 0.29) is 0 Å². The minimum atomic E-state index is 1.04. The predicted octanol–water partition coefficient (Wildman–Crippen LogP) is 24.5. The number of aryl methyl sites for hydroxylation is 6. The maximum absolute atomic E-state index is 5.16. The largest absolute Gasteiger partial charge is 0.252 e. The lowest BCUT2D eigenvalue weighted by molar-refractivity contribution is 0.556. The highest BCUT2D eigenvalue weighted by atomic mass is 32.1. The van der Waals surface area contributed by atoms with Gasteiger partial charge in [-0.3, -0.25) is 9.97 Å². The van der Waals surface area contributed by atoms with Crippen LogP contribution in [0.3, 0.4) is 0 Å². The van der Waals surface area contributed by atoms with Gasteiger partial charge in [0.15, 0.2) is 0 Å². The monoisotopic (exact) mass is 1070 g/mol. The number of aromatic nitrogens is 2. The van der Waals surface area contributed by atoms with Crippen LogP contribution < -0.4 is 0 Å². The van der Waals surface area contributed by atoms with Gasteiger partial charge in [-0.25, -0.2) is 0 Å². The number of thiophene rings is 4. The van der Waals surface area contributed by atoms with Crippen molar-refractivity contribution in [3.63, 3.8) is 0 Å². The van der Waals surface area contributed by atoms with Gasteiger partial charge >= 0.3 is 0 Å². The fourth-order valence-electron chi connectivity index (χ4n) is 11.8. The molecule has 0 aliphatic heterocycles. The normalized spacial score (nSPS) is 12.0. The quantitative estimate of drug-likeness (QED) is 0.0359. The van der Waals surface area contributed by atoms with Crippen LogP contribution in [0.5, 0.6) is 0 Å². The summed E-state index contributed by atoms with van der Waals surface area (Å²) in [6, 6.07) is 15.1. The summed E-state index contributed by atoms with van der Waals surface area (Å²) in [5.41, 5.74) is 11.0. The third-order valence-electron chi connectivity index (χ3n) is 16.2. The van der Waals surface area contributed by atoms with E-state index < -0.39 is 0 Å². The molecule has 0 radical (unpaired) electrons. The van der Waals surface area contributed by atoms with Crippen LogP contribution in [0.4, 0.5) is 0 Å². The first-order valence-electron chi connectivity index (χ1n) is 30.9. The van der Waals surface area contributed by atoms with E-state index in [4.69, 9.17) is 9.97 Å². The van der Waals surface area contributed by atoms with Crippen molar-refractivity contribution in [1.82, 2.24) is 9.97 Å². The van der Waals surface area contributed by atoms with Crippen LogP contribution in [-0.4, -0.2) is 9.97 Å². The van der Waals surface area contributed by atoms with Crippen molar-refractivity contribution in [2.75, 3.05) is 0 Å². The molecule has 0 saturated carbocycles. The van der Waals surface area contributed by atoms with E-state index in [1.165, 1.54) is 276 Å². The van der Waals surface area contributed by atoms with Crippen molar-refractivity contribution in [1.29, 1.82) is 0 Å². The van der Waals surface area contributed by atoms with Crippen LogP contribution in [0.2, 0.25) is 0 Å². The molecule has 0 N–H and O–H groups in total. The Kier molecular flexibility index (Phi) is 26.0. The number of fused-ring (bicyclic) bond motifs is 4. The molecule has 0 aliphatic carbocycles. The van der Waals surface area contributed by atoms with Gasteiger partial charge in [-0.1, -0.05) is 220 Å². The highest BCUT2D eigenvalue weighted by Gasteiger charge is 2.23. The predicted molar refractivity (Wildman–Crippen MR) is 337 cm³/mol. The van der Waals surface area contributed by atoms with Crippen molar-refractivity contribution in [2.45, 2.75) is 273 Å². The number of hydrogen-bond acceptors (Lipinski definition) is 6. The summed E-state index contributed by atoms with van der Waals surface area (Å²) in [6.07, 6.45) is 52.2. The highest BCUT2D eigenvalue weighted by molar-refractivity contribution is 7.31. The van der Waals surface area contributed by atoms with Crippen molar-refractivity contribution in [2.24, 2.45) is 0 Å². The zero-order valence-electron chi connectivity index (χ0n) is 47.6. The first-order chi connectivity index (χ1) is 36.4. The second kappa shape index (κ2) is 32.7. The van der Waals surface area contributed by atoms with Crippen molar-refractivity contribution >= 4 is 76.6 Å². The summed E-state index contributed by atoms with van der Waals surface area (Å²) >= 11 is 8.12. The topological polar surface area (TPSA) is 25.8 Å². The number of nitrogens with zero attached hydrogens (tertiary/aromatic N) is 2. The summed E-state index contributed by atoms with van der Waals surface area (Å²) in [6.45, 7) is 14.0. The third-order valence-corrected chi connectivity index (χ3v) is 21.0. The van der Waals surface area contributed by atoms with Gasteiger partial charge in [-0.15, -0.1) is 45.3 Å². The van der Waals surface area contributed by atoms with Gasteiger partial charge in [0.2, 0.25) is 0 Å². The van der Waals surface area contributed by atoms with E-state index in [1.807, 2.05) is 46.4 Å². The van der Waals surface area contributed by atoms with Gasteiger partial charge in [-0.2, -0.15) is 0 Å². The van der Waals surface area contributed by atoms with E-state index in [0.29, 0.717) is 0 Å². The molecule has 0 aliphatic rings. The smallest absolute Gasteiger partial charge is 0.0979 e. The SMILES string of the molecule is CCCCCCCCCCCCc1cc(-c2ccc(-c3cc(CCCCCCCCCCCC)c(-c4cc5c(CCCCCCCC)c(CCCCCCCC)c6cc(C)sc6c5s4)s3)c3nccnc23)sc1C. The summed E-state index contributed by atoms with van der Waals surface area (Å²) in [4.78, 5) is 18.8. The van der Waals surface area contributed by atoms with Crippen LogP contribution >= 0.6 is 45.3 Å². The van der Waals surface area contributed by atoms with Crippen LogP contribution in [0, 0.1) is 13.8 Å². The summed E-state index contributed by atoms with van der Waals surface area (Å²) < 4.78 is 3.09. The molecule has 7 rings (SSSR count). The van der Waals surface area contributed by atoms with Gasteiger partial charge < -0.3 is 0 Å². The molecule has 0 fully saturated rings. The van der Waals surface area contributed by atoms with Gasteiger partial charge in [0.05, 0.1) is 20.4 Å². The van der Waals surface area contributed by atoms with E-state index in [0.717, 1.165) is 17.5 Å². The van der Waals surface area contributed by atoms with Crippen molar-refractivity contribution in [3.8, 4) is 30.6 Å². The summed E-state index contributed by atoms with van der Waals surface area (Å²) in [5, 5.41) is 3.13. The molecule has 404 valence electrons. The second-order valence-electron chi connectivity index (χ2n) is 22.4. The Labute approximate surface area is 467 Å². The first-order valence-corrected chi connectivity index (χ1v) is 34.2. The molecule has 74 heavy (non-hydrogen) atoms. The molecule has 0 spiro atoms. The van der Waals surface area contributed by atoms with Gasteiger partial charge in [0.1, 0.15) is 0 Å². The zero-order valence-corrected chi connectivity index (χ0v) is 50.9. The lowest BCUT2D eigenvalue weighted by atomic mass is 9.91. The molecule has 2 aromatic carbocycles. The molecule has 7 aromatic rings. The van der Waals surface area contributed by atoms with E-state index >= 15 is 0 Å². The molecule has 0 amide bonds. The molecule has 5 heterocycles. The van der Waals surface area contributed by atoms with Crippen molar-refractivity contribution < 1.29 is 0 Å². The third kappa shape index (κ3) is 17.0. The fourth-order valence-corrected chi connectivity index (χ4v) is 16.6. The van der Waals surface area contributed by atoms with E-state index in [2.05, 4.69) is 89.3 Å². The average molecular weight is 1070 g/mol. The molecule has 0 bridgehead atoms. The van der Waals surface area contributed by atoms with Gasteiger partial charge in [0.25, 0.3) is 0 Å². The average Bonchev–Trinajstić information content (AvgIpc) is 4.22. The number of rotatable bonds is 39. The molecule has 5 aromatic heterocycles. The Balaban J connectivity index is 1.18. The lowest BCUT2D eigenvalue weighted by Gasteiger charge is -2.14. The molecule has 2 nitrogen and oxygen atoms in total. The van der Waals surface area contributed by atoms with Gasteiger partial charge in [0, 0.05) is 52.8 Å². The van der Waals surface area contributed by atoms with Crippen LogP contribution in [0.15, 0.2) is 48.8 Å². The molecular formula is C68H98N2S4. The van der Waals surface area contributed by atoms with Crippen molar-refractivity contribution in [3.05, 3.63) is 80.8 Å². The summed E-state index contributed by atoms with van der Waals surface area (Å²) in [7, 11) is 0. The van der Waals surface area contributed by atoms with E-state index in [1.54, 1.807) is 31.3 Å². The summed E-state index contributed by atoms with van der Waals surface area (Å²) in [5.74, 6) is 0. The standard InChI is InChI=1S/C68H98N2S4/c1-7-11-15-19-23-25-27-29-31-35-39-53-48-61(72-52(53)6)57-43-44-58(65-64(57)69-45-46-70-65)62-49-54(40-36-32-30-28-26-24-20-16-12-8-2)66(73-62)63-50-60-56(42-38-34-22-18-14-10-4)55(41-37-33-21-17-13-9-3)59-47-51(5)71-67(59)68(60)74-63/h43-50H,7-42H2,1-6H3. The Morgan fingerprint density at radius 1 is 0.351 bits per heavy atom. The molecule has 0 unspecified atom stereocenters. The molecule has 0 saturated heterocycles. The van der Waals surface area contributed by atoms with Gasteiger partial charge in [-0.05, 0) is 123 Å². The van der Waals surface area contributed by atoms with Crippen LogP contribution in [0.25, 0.3) is 61.8 Å². The minimum Gasteiger partial charge on any atom is -0.252 e. The lowest BCUT2D eigenvalue weighted by Crippen LogP contribution is -1.98. The number of unbranched alkanes of at least 4 members (excludes halogenated alkanes) is 28. The zero-order chi connectivity index (χ0) is 51.7. The Hall–Kier alpha value is -2.90. The molecule has 6 heteroatoms. The minimum absolute atomic E-state index is 1.04.